The van der Waals surface area contributed by atoms with Gasteiger partial charge in [0.2, 0.25) is 0 Å². The molecule has 184 valence electrons. The number of carbonyl (C=O) groups excluding carboxylic acids is 1. The Balaban J connectivity index is 0.000000641. The Bertz CT molecular complexity index is 1090. The van der Waals surface area contributed by atoms with Gasteiger partial charge in [-0.05, 0) is 74.4 Å². The molecule has 35 heavy (non-hydrogen) atoms. The van der Waals surface area contributed by atoms with Gasteiger partial charge in [-0.15, -0.1) is 0 Å². The molecule has 3 aromatic carbocycles. The van der Waals surface area contributed by atoms with Gasteiger partial charge in [0.05, 0.1) is 6.04 Å². The highest BCUT2D eigenvalue weighted by Crippen LogP contribution is 2.23. The van der Waals surface area contributed by atoms with E-state index in [0.29, 0.717) is 10.6 Å². The summed E-state index contributed by atoms with van der Waals surface area (Å²) >= 11 is 6.04. The molecule has 0 saturated heterocycles. The van der Waals surface area contributed by atoms with Crippen LogP contribution >= 0.6 is 11.6 Å². The first-order chi connectivity index (χ1) is 16.7. The molecule has 1 unspecified atom stereocenters. The van der Waals surface area contributed by atoms with E-state index in [-0.39, 0.29) is 11.9 Å². The van der Waals surface area contributed by atoms with Crippen LogP contribution in [0.5, 0.6) is 0 Å². The molecule has 3 rings (SSSR count). The normalized spacial score (nSPS) is 11.2. The summed E-state index contributed by atoms with van der Waals surface area (Å²) in [6.07, 6.45) is 1.86. The molecule has 0 saturated carbocycles. The van der Waals surface area contributed by atoms with Crippen molar-refractivity contribution in [1.29, 1.82) is 0 Å². The third kappa shape index (κ3) is 9.60. The molecular formula is C27H29ClN2O5. The first-order valence-corrected chi connectivity index (χ1v) is 11.4. The fourth-order valence-electron chi connectivity index (χ4n) is 3.32. The molecule has 3 aromatic rings. The van der Waals surface area contributed by atoms with Crippen LogP contribution in [-0.4, -0.2) is 53.6 Å². The van der Waals surface area contributed by atoms with Crippen molar-refractivity contribution in [1.82, 2.24) is 10.2 Å². The largest absolute Gasteiger partial charge is 0.473 e. The van der Waals surface area contributed by atoms with Crippen LogP contribution in [0.3, 0.4) is 0 Å². The molecule has 0 aromatic heterocycles. The number of hydrogen-bond donors (Lipinski definition) is 3. The Morgan fingerprint density at radius 2 is 1.37 bits per heavy atom. The second-order valence-electron chi connectivity index (χ2n) is 8.08. The molecule has 1 atom stereocenters. The van der Waals surface area contributed by atoms with E-state index in [2.05, 4.69) is 36.4 Å². The molecule has 0 fully saturated rings. The number of carbonyl (C=O) groups is 3. The molecule has 0 aliphatic rings. The number of aliphatic carboxylic acids is 2. The summed E-state index contributed by atoms with van der Waals surface area (Å²) in [5.41, 5.74) is 3.98. The summed E-state index contributed by atoms with van der Waals surface area (Å²) in [6.45, 7) is 0.978. The summed E-state index contributed by atoms with van der Waals surface area (Å²) in [7, 11) is 4.12. The number of benzene rings is 3. The van der Waals surface area contributed by atoms with Crippen LogP contribution in [0.4, 0.5) is 0 Å². The van der Waals surface area contributed by atoms with Crippen molar-refractivity contribution >= 4 is 29.4 Å². The zero-order valence-electron chi connectivity index (χ0n) is 19.6. The smallest absolute Gasteiger partial charge is 0.414 e. The van der Waals surface area contributed by atoms with Crippen molar-refractivity contribution < 1.29 is 24.6 Å². The van der Waals surface area contributed by atoms with Crippen molar-refractivity contribution in [2.75, 3.05) is 20.6 Å². The average Bonchev–Trinajstić information content (AvgIpc) is 2.84. The van der Waals surface area contributed by atoms with Crippen LogP contribution in [0, 0.1) is 0 Å². The molecule has 0 spiro atoms. The van der Waals surface area contributed by atoms with Crippen molar-refractivity contribution in [3.63, 3.8) is 0 Å². The van der Waals surface area contributed by atoms with Gasteiger partial charge in [0.1, 0.15) is 0 Å². The molecule has 1 amide bonds. The molecule has 0 radical (unpaired) electrons. The maximum Gasteiger partial charge on any atom is 0.414 e. The van der Waals surface area contributed by atoms with Gasteiger partial charge in [-0.3, -0.25) is 4.79 Å². The zero-order chi connectivity index (χ0) is 25.8. The maximum absolute atomic E-state index is 12.9. The van der Waals surface area contributed by atoms with Crippen molar-refractivity contribution in [2.45, 2.75) is 18.9 Å². The monoisotopic (exact) mass is 496 g/mol. The number of amides is 1. The lowest BCUT2D eigenvalue weighted by Crippen LogP contribution is -2.29. The fourth-order valence-corrected chi connectivity index (χ4v) is 3.44. The second kappa shape index (κ2) is 13.9. The lowest BCUT2D eigenvalue weighted by molar-refractivity contribution is -0.159. The standard InChI is InChI=1S/C25H27ClN2O.C2H2O4/c1-28(2)18-6-9-24(21-14-16-23(26)17-15-21)27-25(29)22-12-10-20(11-13-22)19-7-4-3-5-8-19;3-1(4)2(5)6/h3-5,7-8,10-17,24H,6,9,18H2,1-2H3,(H,27,29);(H,3,4)(H,5,6). The second-order valence-corrected chi connectivity index (χ2v) is 8.51. The topological polar surface area (TPSA) is 107 Å². The molecule has 3 N–H and O–H groups in total. The minimum absolute atomic E-state index is 0.0477. The van der Waals surface area contributed by atoms with Gasteiger partial charge in [-0.25, -0.2) is 9.59 Å². The highest BCUT2D eigenvalue weighted by Gasteiger charge is 2.16. The maximum atomic E-state index is 12.9. The van der Waals surface area contributed by atoms with Crippen LogP contribution in [0.1, 0.15) is 34.8 Å². The van der Waals surface area contributed by atoms with Gasteiger partial charge >= 0.3 is 11.9 Å². The summed E-state index contributed by atoms with van der Waals surface area (Å²) in [5.74, 6) is -3.71. The molecule has 0 heterocycles. The van der Waals surface area contributed by atoms with E-state index in [9.17, 15) is 4.79 Å². The summed E-state index contributed by atoms with van der Waals surface area (Å²) in [4.78, 5) is 33.2. The Morgan fingerprint density at radius 3 is 1.89 bits per heavy atom. The van der Waals surface area contributed by atoms with Crippen LogP contribution in [0.2, 0.25) is 5.02 Å². The van der Waals surface area contributed by atoms with E-state index < -0.39 is 11.9 Å². The van der Waals surface area contributed by atoms with Crippen LogP contribution < -0.4 is 5.32 Å². The lowest BCUT2D eigenvalue weighted by Gasteiger charge is -2.21. The molecule has 0 aliphatic heterocycles. The summed E-state index contributed by atoms with van der Waals surface area (Å²) in [5, 5.41) is 18.7. The first-order valence-electron chi connectivity index (χ1n) is 11.0. The Hall–Kier alpha value is -3.68. The van der Waals surface area contributed by atoms with Crippen molar-refractivity contribution in [3.05, 3.63) is 95.0 Å². The third-order valence-corrected chi connectivity index (χ3v) is 5.36. The van der Waals surface area contributed by atoms with Crippen molar-refractivity contribution in [2.24, 2.45) is 0 Å². The van der Waals surface area contributed by atoms with Gasteiger partial charge in [0.25, 0.3) is 5.91 Å². The molecule has 7 nitrogen and oxygen atoms in total. The number of hydrogen-bond acceptors (Lipinski definition) is 4. The minimum Gasteiger partial charge on any atom is -0.473 e. The number of carboxylic acid groups (broad SMARTS) is 2. The van der Waals surface area contributed by atoms with Gasteiger partial charge in [0.15, 0.2) is 0 Å². The van der Waals surface area contributed by atoms with Crippen LogP contribution in [0.15, 0.2) is 78.9 Å². The van der Waals surface area contributed by atoms with E-state index in [1.54, 1.807) is 0 Å². The Labute approximate surface area is 210 Å². The van der Waals surface area contributed by atoms with Gasteiger partial charge in [-0.2, -0.15) is 0 Å². The quantitative estimate of drug-likeness (QED) is 0.380. The Morgan fingerprint density at radius 1 is 0.829 bits per heavy atom. The zero-order valence-corrected chi connectivity index (χ0v) is 20.4. The lowest BCUT2D eigenvalue weighted by atomic mass is 10.0. The predicted octanol–water partition coefficient (Wildman–Crippen LogP) is 4.98. The third-order valence-electron chi connectivity index (χ3n) is 5.11. The molecule has 0 aliphatic carbocycles. The summed E-state index contributed by atoms with van der Waals surface area (Å²) < 4.78 is 0. The number of nitrogens with zero attached hydrogens (tertiary/aromatic N) is 1. The van der Waals surface area contributed by atoms with E-state index in [1.807, 2.05) is 66.7 Å². The van der Waals surface area contributed by atoms with Crippen molar-refractivity contribution in [3.8, 4) is 11.1 Å². The SMILES string of the molecule is CN(C)CCCC(NC(=O)c1ccc(-c2ccccc2)cc1)c1ccc(Cl)cc1.O=C(O)C(=O)O. The van der Waals surface area contributed by atoms with Crippen LogP contribution in [0.25, 0.3) is 11.1 Å². The molecular weight excluding hydrogens is 468 g/mol. The van der Waals surface area contributed by atoms with Gasteiger partial charge < -0.3 is 20.4 Å². The highest BCUT2D eigenvalue weighted by molar-refractivity contribution is 6.30. The number of rotatable bonds is 8. The average molecular weight is 497 g/mol. The Kier molecular flexibility index (Phi) is 10.9. The molecule has 8 heteroatoms. The van der Waals surface area contributed by atoms with Gasteiger partial charge in [0, 0.05) is 10.6 Å². The summed E-state index contributed by atoms with van der Waals surface area (Å²) in [6, 6.07) is 25.6. The molecule has 0 bridgehead atoms. The van der Waals surface area contributed by atoms with E-state index in [4.69, 9.17) is 31.4 Å². The highest BCUT2D eigenvalue weighted by atomic mass is 35.5. The van der Waals surface area contributed by atoms with Gasteiger partial charge in [-0.1, -0.05) is 66.2 Å². The number of carboxylic acids is 2. The number of halogens is 1. The van der Waals surface area contributed by atoms with E-state index in [1.165, 1.54) is 0 Å². The fraction of sp³-hybridized carbons (Fsp3) is 0.222. The van der Waals surface area contributed by atoms with E-state index in [0.717, 1.165) is 36.1 Å². The number of nitrogens with one attached hydrogen (secondary N) is 1. The minimum atomic E-state index is -1.82. The first kappa shape index (κ1) is 27.6. The van der Waals surface area contributed by atoms with E-state index >= 15 is 0 Å². The van der Waals surface area contributed by atoms with Crippen LogP contribution in [-0.2, 0) is 9.59 Å². The predicted molar refractivity (Wildman–Crippen MR) is 137 cm³/mol.